The average Bonchev–Trinajstić information content (AvgIpc) is 2.50. The van der Waals surface area contributed by atoms with Crippen molar-refractivity contribution in [1.82, 2.24) is 9.71 Å². The Kier molecular flexibility index (Phi) is 6.42. The molecule has 0 aliphatic carbocycles. The Balaban J connectivity index is 2.27. The molecule has 152 valence electrons. The van der Waals surface area contributed by atoms with E-state index in [1.807, 2.05) is 20.8 Å². The van der Waals surface area contributed by atoms with Crippen LogP contribution in [0.5, 0.6) is 17.4 Å². The molecule has 0 saturated carbocycles. The SMILES string of the molecule is CC(C)(C)Oc1ncc(Oc2cc(F)c(C(=O)NS(C)(=O)=O)cc2Cl)cc1Cl. The van der Waals surface area contributed by atoms with Gasteiger partial charge in [0.1, 0.15) is 27.9 Å². The fourth-order valence-corrected chi connectivity index (χ4v) is 2.80. The van der Waals surface area contributed by atoms with Gasteiger partial charge in [0.2, 0.25) is 15.9 Å². The van der Waals surface area contributed by atoms with E-state index in [2.05, 4.69) is 4.98 Å². The quantitative estimate of drug-likeness (QED) is 0.733. The second-order valence-corrected chi connectivity index (χ2v) is 9.30. The first-order valence-electron chi connectivity index (χ1n) is 7.79. The molecule has 2 rings (SSSR count). The minimum Gasteiger partial charge on any atom is -0.471 e. The number of sulfonamides is 1. The Bertz CT molecular complexity index is 1020. The van der Waals surface area contributed by atoms with Gasteiger partial charge in [0, 0.05) is 12.1 Å². The van der Waals surface area contributed by atoms with E-state index < -0.39 is 32.9 Å². The summed E-state index contributed by atoms with van der Waals surface area (Å²) in [5.41, 5.74) is -1.05. The maximum atomic E-state index is 14.2. The molecule has 7 nitrogen and oxygen atoms in total. The van der Waals surface area contributed by atoms with Crippen molar-refractivity contribution >= 4 is 39.1 Å². The number of rotatable bonds is 5. The number of halogens is 3. The number of hydrogen-bond acceptors (Lipinski definition) is 6. The second-order valence-electron chi connectivity index (χ2n) is 6.74. The molecule has 0 aliphatic rings. The van der Waals surface area contributed by atoms with Crippen LogP contribution in [-0.2, 0) is 10.0 Å². The topological polar surface area (TPSA) is 94.6 Å². The molecule has 2 aromatic rings. The summed E-state index contributed by atoms with van der Waals surface area (Å²) in [5, 5.41) is 0.0550. The minimum absolute atomic E-state index is 0.113. The van der Waals surface area contributed by atoms with Gasteiger partial charge in [0.25, 0.3) is 5.91 Å². The highest BCUT2D eigenvalue weighted by Crippen LogP contribution is 2.34. The molecule has 1 heterocycles. The van der Waals surface area contributed by atoms with Crippen molar-refractivity contribution in [2.45, 2.75) is 26.4 Å². The standard InChI is InChI=1S/C17H17Cl2FN2O5S/c1-17(2,3)27-16-12(19)5-9(8-21-16)26-14-7-13(20)10(6-11(14)18)15(23)22-28(4,24)25/h5-8H,1-4H3,(H,22,23). The predicted octanol–water partition coefficient (Wildman–Crippen LogP) is 4.19. The molecule has 1 aromatic carbocycles. The van der Waals surface area contributed by atoms with Crippen LogP contribution in [0.2, 0.25) is 10.0 Å². The lowest BCUT2D eigenvalue weighted by Gasteiger charge is -2.21. The molecule has 0 spiro atoms. The molecule has 1 N–H and O–H groups in total. The zero-order valence-corrected chi connectivity index (χ0v) is 17.7. The number of aromatic nitrogens is 1. The number of carbonyl (C=O) groups is 1. The molecule has 11 heteroatoms. The number of ether oxygens (including phenoxy) is 2. The van der Waals surface area contributed by atoms with Gasteiger partial charge in [-0.2, -0.15) is 0 Å². The molecule has 0 fully saturated rings. The van der Waals surface area contributed by atoms with Crippen LogP contribution in [0.25, 0.3) is 0 Å². The monoisotopic (exact) mass is 450 g/mol. The van der Waals surface area contributed by atoms with Crippen molar-refractivity contribution in [2.24, 2.45) is 0 Å². The summed E-state index contributed by atoms with van der Waals surface area (Å²) in [7, 11) is -3.86. The summed E-state index contributed by atoms with van der Waals surface area (Å²) in [5.74, 6) is -1.93. The highest BCUT2D eigenvalue weighted by Gasteiger charge is 2.20. The van der Waals surface area contributed by atoms with E-state index >= 15 is 0 Å². The van der Waals surface area contributed by atoms with Crippen molar-refractivity contribution in [2.75, 3.05) is 6.26 Å². The van der Waals surface area contributed by atoms with Gasteiger partial charge in [-0.1, -0.05) is 23.2 Å². The molecule has 0 radical (unpaired) electrons. The van der Waals surface area contributed by atoms with E-state index in [4.69, 9.17) is 32.7 Å². The molecule has 1 amide bonds. The van der Waals surface area contributed by atoms with Gasteiger partial charge in [-0.15, -0.1) is 0 Å². The summed E-state index contributed by atoms with van der Waals surface area (Å²) in [6, 6.07) is 3.22. The first-order chi connectivity index (χ1) is 12.7. The largest absolute Gasteiger partial charge is 0.471 e. The molecular weight excluding hydrogens is 434 g/mol. The van der Waals surface area contributed by atoms with Crippen LogP contribution < -0.4 is 14.2 Å². The number of carbonyl (C=O) groups excluding carboxylic acids is 1. The Hall–Kier alpha value is -2.10. The molecule has 28 heavy (non-hydrogen) atoms. The van der Waals surface area contributed by atoms with Gasteiger partial charge in [-0.05, 0) is 26.8 Å². The predicted molar refractivity (Wildman–Crippen MR) is 103 cm³/mol. The van der Waals surface area contributed by atoms with Crippen molar-refractivity contribution in [3.63, 3.8) is 0 Å². The van der Waals surface area contributed by atoms with E-state index in [0.717, 1.165) is 18.4 Å². The van der Waals surface area contributed by atoms with Crippen LogP contribution in [0.3, 0.4) is 0 Å². The van der Waals surface area contributed by atoms with Gasteiger partial charge in [-0.25, -0.2) is 22.5 Å². The average molecular weight is 451 g/mol. The number of nitrogens with one attached hydrogen (secondary N) is 1. The van der Waals surface area contributed by atoms with E-state index in [1.165, 1.54) is 12.3 Å². The zero-order valence-electron chi connectivity index (χ0n) is 15.3. The third kappa shape index (κ3) is 6.22. The molecule has 0 saturated heterocycles. The third-order valence-corrected chi connectivity index (χ3v) is 4.08. The second kappa shape index (κ2) is 8.10. The first kappa shape index (κ1) is 22.2. The fraction of sp³-hybridized carbons (Fsp3) is 0.294. The maximum absolute atomic E-state index is 14.2. The fourth-order valence-electron chi connectivity index (χ4n) is 1.96. The molecule has 1 aromatic heterocycles. The lowest BCUT2D eigenvalue weighted by atomic mass is 10.2. The van der Waals surface area contributed by atoms with E-state index in [1.54, 1.807) is 4.72 Å². The smallest absolute Gasteiger partial charge is 0.267 e. The highest BCUT2D eigenvalue weighted by molar-refractivity contribution is 7.89. The van der Waals surface area contributed by atoms with Crippen molar-refractivity contribution in [3.8, 4) is 17.4 Å². The Morgan fingerprint density at radius 3 is 2.36 bits per heavy atom. The Morgan fingerprint density at radius 1 is 1.18 bits per heavy atom. The number of pyridine rings is 1. The molecule has 0 atom stereocenters. The van der Waals surface area contributed by atoms with Crippen LogP contribution in [-0.4, -0.2) is 31.2 Å². The summed E-state index contributed by atoms with van der Waals surface area (Å²) >= 11 is 12.1. The van der Waals surface area contributed by atoms with E-state index in [9.17, 15) is 17.6 Å². The Labute approximate surface area is 171 Å². The first-order valence-corrected chi connectivity index (χ1v) is 10.4. The number of hydrogen-bond donors (Lipinski definition) is 1. The summed E-state index contributed by atoms with van der Waals surface area (Å²) in [6.07, 6.45) is 2.08. The van der Waals surface area contributed by atoms with Gasteiger partial charge in [0.15, 0.2) is 0 Å². The zero-order chi connectivity index (χ0) is 21.3. The van der Waals surface area contributed by atoms with Crippen molar-refractivity contribution in [3.05, 3.63) is 45.8 Å². The van der Waals surface area contributed by atoms with Crippen LogP contribution >= 0.6 is 23.2 Å². The van der Waals surface area contributed by atoms with E-state index in [0.29, 0.717) is 0 Å². The molecule has 0 aliphatic heterocycles. The number of nitrogens with zero attached hydrogens (tertiary/aromatic N) is 1. The summed E-state index contributed by atoms with van der Waals surface area (Å²) in [6.45, 7) is 5.50. The summed E-state index contributed by atoms with van der Waals surface area (Å²) in [4.78, 5) is 15.9. The van der Waals surface area contributed by atoms with Crippen LogP contribution in [0.15, 0.2) is 24.4 Å². The maximum Gasteiger partial charge on any atom is 0.267 e. The third-order valence-electron chi connectivity index (χ3n) is 2.96. The molecular formula is C17H17Cl2FN2O5S. The molecule has 0 bridgehead atoms. The lowest BCUT2D eigenvalue weighted by Crippen LogP contribution is -2.30. The van der Waals surface area contributed by atoms with Crippen molar-refractivity contribution < 1.29 is 27.1 Å². The highest BCUT2D eigenvalue weighted by atomic mass is 35.5. The van der Waals surface area contributed by atoms with Crippen LogP contribution in [0, 0.1) is 5.82 Å². The van der Waals surface area contributed by atoms with Gasteiger partial charge < -0.3 is 9.47 Å². The van der Waals surface area contributed by atoms with Gasteiger partial charge in [-0.3, -0.25) is 4.79 Å². The van der Waals surface area contributed by atoms with Gasteiger partial charge >= 0.3 is 0 Å². The van der Waals surface area contributed by atoms with Crippen LogP contribution in [0.4, 0.5) is 4.39 Å². The van der Waals surface area contributed by atoms with Crippen LogP contribution in [0.1, 0.15) is 31.1 Å². The number of benzene rings is 1. The van der Waals surface area contributed by atoms with Crippen molar-refractivity contribution in [1.29, 1.82) is 0 Å². The lowest BCUT2D eigenvalue weighted by molar-refractivity contribution is 0.0977. The normalized spacial score (nSPS) is 11.8. The number of amides is 1. The Morgan fingerprint density at radius 2 is 1.82 bits per heavy atom. The minimum atomic E-state index is -3.86. The summed E-state index contributed by atoms with van der Waals surface area (Å²) < 4.78 is 49.2. The van der Waals surface area contributed by atoms with Gasteiger partial charge in [0.05, 0.1) is 23.0 Å². The molecule has 0 unspecified atom stereocenters. The van der Waals surface area contributed by atoms with E-state index in [-0.39, 0.29) is 27.4 Å².